The first kappa shape index (κ1) is 14.3. The Bertz CT molecular complexity index is 123. The van der Waals surface area contributed by atoms with Gasteiger partial charge in [0.1, 0.15) is 0 Å². The SMILES string of the molecule is C=C(C)C1CCC([CH2-])C1.[Cl-].[Mg+2]. The molecule has 60 valence electrons. The third-order valence-corrected chi connectivity index (χ3v) is 2.24. The van der Waals surface area contributed by atoms with Crippen LogP contribution < -0.4 is 12.4 Å². The van der Waals surface area contributed by atoms with Crippen LogP contribution >= 0.6 is 0 Å². The number of allylic oxidation sites excluding steroid dienone is 1. The van der Waals surface area contributed by atoms with Gasteiger partial charge in [0.25, 0.3) is 0 Å². The molecule has 0 nitrogen and oxygen atoms in total. The van der Waals surface area contributed by atoms with Crippen molar-refractivity contribution in [2.45, 2.75) is 26.2 Å². The first-order valence-electron chi connectivity index (χ1n) is 3.68. The Balaban J connectivity index is 0. The topological polar surface area (TPSA) is 0 Å². The van der Waals surface area contributed by atoms with Crippen molar-refractivity contribution in [2.24, 2.45) is 11.8 Å². The number of hydrogen-bond acceptors (Lipinski definition) is 0. The first-order chi connectivity index (χ1) is 4.20. The quantitative estimate of drug-likeness (QED) is 0.290. The summed E-state index contributed by atoms with van der Waals surface area (Å²) in [5.74, 6) is 1.49. The molecule has 0 heterocycles. The fourth-order valence-electron chi connectivity index (χ4n) is 1.52. The molecule has 0 aliphatic heterocycles. The first-order valence-corrected chi connectivity index (χ1v) is 3.68. The smallest absolute Gasteiger partial charge is 1.00 e. The maximum atomic E-state index is 4.03. The Morgan fingerprint density at radius 3 is 2.18 bits per heavy atom. The average Bonchev–Trinajstić information content (AvgIpc) is 2.14. The van der Waals surface area contributed by atoms with E-state index in [1.807, 2.05) is 0 Å². The molecule has 1 rings (SSSR count). The minimum absolute atomic E-state index is 0. The summed E-state index contributed by atoms with van der Waals surface area (Å²) in [6.45, 7) is 10.1. The van der Waals surface area contributed by atoms with E-state index in [4.69, 9.17) is 0 Å². The van der Waals surface area contributed by atoms with Gasteiger partial charge in [-0.3, -0.25) is 0 Å². The number of halogens is 1. The Hall–Kier alpha value is 0.796. The van der Waals surface area contributed by atoms with Crippen LogP contribution in [0.2, 0.25) is 0 Å². The molecular weight excluding hydrogens is 168 g/mol. The normalized spacial score (nSPS) is 28.5. The summed E-state index contributed by atoms with van der Waals surface area (Å²) >= 11 is 0. The van der Waals surface area contributed by atoms with Crippen molar-refractivity contribution in [2.75, 3.05) is 0 Å². The van der Waals surface area contributed by atoms with Crippen molar-refractivity contribution in [3.63, 3.8) is 0 Å². The Morgan fingerprint density at radius 1 is 1.45 bits per heavy atom. The molecule has 0 radical (unpaired) electrons. The van der Waals surface area contributed by atoms with Crippen LogP contribution in [0.5, 0.6) is 0 Å². The molecule has 0 saturated heterocycles. The second kappa shape index (κ2) is 6.33. The van der Waals surface area contributed by atoms with Gasteiger partial charge in [0.2, 0.25) is 0 Å². The van der Waals surface area contributed by atoms with Gasteiger partial charge in [-0.05, 0) is 19.3 Å². The predicted molar refractivity (Wildman–Crippen MR) is 46.8 cm³/mol. The predicted octanol–water partition coefficient (Wildman–Crippen LogP) is -0.564. The molecular formula is C9H15ClMg. The second-order valence-corrected chi connectivity index (χ2v) is 3.22. The average molecular weight is 183 g/mol. The minimum atomic E-state index is 0. The molecule has 11 heavy (non-hydrogen) atoms. The molecule has 0 amide bonds. The summed E-state index contributed by atoms with van der Waals surface area (Å²) in [6.07, 6.45) is 3.90. The van der Waals surface area contributed by atoms with E-state index in [2.05, 4.69) is 20.4 Å². The van der Waals surface area contributed by atoms with E-state index in [-0.39, 0.29) is 35.5 Å². The van der Waals surface area contributed by atoms with Gasteiger partial charge in [0, 0.05) is 0 Å². The molecule has 1 saturated carbocycles. The van der Waals surface area contributed by atoms with Gasteiger partial charge in [0.05, 0.1) is 0 Å². The van der Waals surface area contributed by atoms with Crippen LogP contribution in [0, 0.1) is 18.8 Å². The molecule has 2 atom stereocenters. The molecule has 2 unspecified atom stereocenters. The molecule has 0 aromatic heterocycles. The summed E-state index contributed by atoms with van der Waals surface area (Å²) in [5, 5.41) is 0. The zero-order chi connectivity index (χ0) is 6.85. The van der Waals surface area contributed by atoms with E-state index < -0.39 is 0 Å². The van der Waals surface area contributed by atoms with Gasteiger partial charge in [0.15, 0.2) is 0 Å². The summed E-state index contributed by atoms with van der Waals surface area (Å²) in [4.78, 5) is 0. The molecule has 1 aliphatic rings. The molecule has 0 bridgehead atoms. The summed E-state index contributed by atoms with van der Waals surface area (Å²) in [5.41, 5.74) is 1.35. The van der Waals surface area contributed by atoms with Crippen molar-refractivity contribution in [1.29, 1.82) is 0 Å². The largest absolute Gasteiger partial charge is 2.00 e. The van der Waals surface area contributed by atoms with Gasteiger partial charge in [-0.15, -0.1) is 0 Å². The van der Waals surface area contributed by atoms with E-state index in [9.17, 15) is 0 Å². The van der Waals surface area contributed by atoms with E-state index in [1.165, 1.54) is 24.8 Å². The molecule has 0 aromatic rings. The maximum absolute atomic E-state index is 4.03. The van der Waals surface area contributed by atoms with Gasteiger partial charge in [-0.25, -0.2) is 0 Å². The van der Waals surface area contributed by atoms with Crippen molar-refractivity contribution < 1.29 is 12.4 Å². The standard InChI is InChI=1S/C9H15.ClH.Mg/c1-7(2)9-5-4-8(3)6-9;;/h8-9H,1,3-6H2,2H3;1H;/q-1;;+2/p-1. The zero-order valence-corrected chi connectivity index (χ0v) is 9.45. The Morgan fingerprint density at radius 2 is 2.00 bits per heavy atom. The fraction of sp³-hybridized carbons (Fsp3) is 0.667. The molecule has 2 heteroatoms. The van der Waals surface area contributed by atoms with Gasteiger partial charge in [-0.2, -0.15) is 5.92 Å². The van der Waals surface area contributed by atoms with Crippen molar-refractivity contribution in [3.05, 3.63) is 19.1 Å². The van der Waals surface area contributed by atoms with Crippen LogP contribution in [0.15, 0.2) is 12.2 Å². The summed E-state index contributed by atoms with van der Waals surface area (Å²) in [6, 6.07) is 0. The zero-order valence-electron chi connectivity index (χ0n) is 7.28. The molecule has 0 aromatic carbocycles. The number of rotatable bonds is 1. The number of hydrogen-bond donors (Lipinski definition) is 0. The van der Waals surface area contributed by atoms with Crippen LogP contribution in [0.3, 0.4) is 0 Å². The van der Waals surface area contributed by atoms with Crippen LogP contribution in [0.25, 0.3) is 0 Å². The van der Waals surface area contributed by atoms with Crippen LogP contribution in [-0.4, -0.2) is 23.1 Å². The second-order valence-electron chi connectivity index (χ2n) is 3.22. The van der Waals surface area contributed by atoms with E-state index in [0.717, 1.165) is 5.92 Å². The van der Waals surface area contributed by atoms with E-state index >= 15 is 0 Å². The van der Waals surface area contributed by atoms with Crippen LogP contribution in [0.1, 0.15) is 26.2 Å². The minimum Gasteiger partial charge on any atom is -1.00 e. The Kier molecular flexibility index (Phi) is 8.24. The summed E-state index contributed by atoms with van der Waals surface area (Å²) in [7, 11) is 0. The molecule has 0 spiro atoms. The Labute approximate surface area is 92.4 Å². The van der Waals surface area contributed by atoms with E-state index in [0.29, 0.717) is 5.92 Å². The van der Waals surface area contributed by atoms with Gasteiger partial charge < -0.3 is 19.3 Å². The van der Waals surface area contributed by atoms with Crippen molar-refractivity contribution >= 4 is 23.1 Å². The third kappa shape index (κ3) is 4.39. The van der Waals surface area contributed by atoms with E-state index in [1.54, 1.807) is 0 Å². The van der Waals surface area contributed by atoms with Gasteiger partial charge in [-0.1, -0.05) is 25.0 Å². The van der Waals surface area contributed by atoms with Crippen LogP contribution in [0.4, 0.5) is 0 Å². The third-order valence-electron chi connectivity index (χ3n) is 2.24. The molecule has 1 fully saturated rings. The molecule has 0 N–H and O–H groups in total. The molecule has 1 aliphatic carbocycles. The maximum Gasteiger partial charge on any atom is 2.00 e. The van der Waals surface area contributed by atoms with Crippen LogP contribution in [-0.2, 0) is 0 Å². The van der Waals surface area contributed by atoms with Gasteiger partial charge >= 0.3 is 23.1 Å². The van der Waals surface area contributed by atoms with Crippen molar-refractivity contribution in [1.82, 2.24) is 0 Å². The summed E-state index contributed by atoms with van der Waals surface area (Å²) < 4.78 is 0. The van der Waals surface area contributed by atoms with Crippen molar-refractivity contribution in [3.8, 4) is 0 Å². The monoisotopic (exact) mass is 182 g/mol. The fourth-order valence-corrected chi connectivity index (χ4v) is 1.52.